The summed E-state index contributed by atoms with van der Waals surface area (Å²) in [6.45, 7) is 6.86. The van der Waals surface area contributed by atoms with Gasteiger partial charge in [-0.1, -0.05) is 24.3 Å². The van der Waals surface area contributed by atoms with Crippen LogP contribution in [0.15, 0.2) is 24.3 Å². The van der Waals surface area contributed by atoms with Gasteiger partial charge in [-0.05, 0) is 51.8 Å². The van der Waals surface area contributed by atoms with Crippen LogP contribution in [0.25, 0.3) is 0 Å². The Bertz CT molecular complexity index is 324. The normalized spacial score (nSPS) is 17.1. The van der Waals surface area contributed by atoms with Crippen molar-refractivity contribution in [2.45, 2.75) is 45.2 Å². The number of hydrogen-bond donors (Lipinski definition) is 0. The van der Waals surface area contributed by atoms with Gasteiger partial charge in [0.1, 0.15) is 0 Å². The fourth-order valence-corrected chi connectivity index (χ4v) is 2.36. The Morgan fingerprint density at radius 3 is 1.93 bits per heavy atom. The number of nitrogens with zero attached hydrogens (tertiary/aromatic N) is 1. The number of rotatable bonds is 1. The molecule has 0 aromatic heterocycles. The highest BCUT2D eigenvalue weighted by Gasteiger charge is 2.29. The van der Waals surface area contributed by atoms with Crippen LogP contribution in [0.4, 0.5) is 0 Å². The second kappa shape index (κ2) is 3.64. The maximum atomic E-state index is 2.51. The standard InChI is InChI=1S/C14H21N/c1-14(2,3)15(4)13-9-11-7-5-6-8-12(11)10-13/h5-8,13H,9-10H2,1-4H3. The smallest absolute Gasteiger partial charge is 0.0178 e. The third kappa shape index (κ3) is 2.07. The summed E-state index contributed by atoms with van der Waals surface area (Å²) in [6, 6.07) is 9.52. The van der Waals surface area contributed by atoms with Gasteiger partial charge in [0.25, 0.3) is 0 Å². The molecular formula is C14H21N. The van der Waals surface area contributed by atoms with E-state index in [1.165, 1.54) is 12.8 Å². The number of hydrogen-bond acceptors (Lipinski definition) is 1. The minimum Gasteiger partial charge on any atom is -0.298 e. The summed E-state index contributed by atoms with van der Waals surface area (Å²) in [5.74, 6) is 0. The Balaban J connectivity index is 2.14. The van der Waals surface area contributed by atoms with Crippen molar-refractivity contribution in [2.24, 2.45) is 0 Å². The van der Waals surface area contributed by atoms with Crippen molar-refractivity contribution in [3.05, 3.63) is 35.4 Å². The first kappa shape index (κ1) is 10.7. The van der Waals surface area contributed by atoms with E-state index in [0.717, 1.165) is 0 Å². The molecule has 15 heavy (non-hydrogen) atoms. The van der Waals surface area contributed by atoms with E-state index in [2.05, 4.69) is 57.0 Å². The van der Waals surface area contributed by atoms with Crippen molar-refractivity contribution < 1.29 is 0 Å². The molecule has 0 saturated heterocycles. The van der Waals surface area contributed by atoms with Crippen molar-refractivity contribution in [3.8, 4) is 0 Å². The molecule has 0 bridgehead atoms. The Kier molecular flexibility index (Phi) is 2.59. The van der Waals surface area contributed by atoms with Crippen LogP contribution in [0.3, 0.4) is 0 Å². The number of benzene rings is 1. The van der Waals surface area contributed by atoms with Crippen LogP contribution in [-0.2, 0) is 12.8 Å². The molecule has 0 atom stereocenters. The molecule has 1 aliphatic carbocycles. The van der Waals surface area contributed by atoms with Gasteiger partial charge in [-0.3, -0.25) is 4.90 Å². The average Bonchev–Trinajstić information content (AvgIpc) is 2.58. The first-order valence-electron chi connectivity index (χ1n) is 5.78. The maximum absolute atomic E-state index is 2.51. The monoisotopic (exact) mass is 203 g/mol. The Hall–Kier alpha value is -0.820. The van der Waals surface area contributed by atoms with Gasteiger partial charge in [0.15, 0.2) is 0 Å². The van der Waals surface area contributed by atoms with E-state index in [1.807, 2.05) is 0 Å². The van der Waals surface area contributed by atoms with Crippen molar-refractivity contribution in [1.29, 1.82) is 0 Å². The highest BCUT2D eigenvalue weighted by atomic mass is 15.2. The molecule has 1 aromatic carbocycles. The molecule has 0 spiro atoms. The van der Waals surface area contributed by atoms with Crippen LogP contribution in [0.1, 0.15) is 31.9 Å². The van der Waals surface area contributed by atoms with E-state index in [-0.39, 0.29) is 5.54 Å². The summed E-state index contributed by atoms with van der Waals surface area (Å²) in [6.07, 6.45) is 2.42. The lowest BCUT2D eigenvalue weighted by molar-refractivity contribution is 0.121. The SMILES string of the molecule is CN(C1Cc2ccccc2C1)C(C)(C)C. The fourth-order valence-electron chi connectivity index (χ4n) is 2.36. The van der Waals surface area contributed by atoms with Gasteiger partial charge in [0.2, 0.25) is 0 Å². The zero-order valence-corrected chi connectivity index (χ0v) is 10.2. The van der Waals surface area contributed by atoms with Gasteiger partial charge in [0.05, 0.1) is 0 Å². The van der Waals surface area contributed by atoms with E-state index in [9.17, 15) is 0 Å². The van der Waals surface area contributed by atoms with Gasteiger partial charge >= 0.3 is 0 Å². The largest absolute Gasteiger partial charge is 0.298 e. The minimum atomic E-state index is 0.271. The van der Waals surface area contributed by atoms with E-state index in [0.29, 0.717) is 6.04 Å². The average molecular weight is 203 g/mol. The van der Waals surface area contributed by atoms with Gasteiger partial charge in [-0.15, -0.1) is 0 Å². The summed E-state index contributed by atoms with van der Waals surface area (Å²) in [5, 5.41) is 0. The van der Waals surface area contributed by atoms with Gasteiger partial charge in [-0.2, -0.15) is 0 Å². The Labute approximate surface area is 93.1 Å². The second-order valence-corrected chi connectivity index (χ2v) is 5.61. The van der Waals surface area contributed by atoms with E-state index < -0.39 is 0 Å². The lowest BCUT2D eigenvalue weighted by atomic mass is 10.0. The molecule has 0 aliphatic heterocycles. The summed E-state index contributed by atoms with van der Waals surface area (Å²) >= 11 is 0. The highest BCUT2D eigenvalue weighted by molar-refractivity contribution is 5.33. The first-order chi connectivity index (χ1) is 6.98. The quantitative estimate of drug-likeness (QED) is 0.678. The van der Waals surface area contributed by atoms with Crippen LogP contribution in [-0.4, -0.2) is 23.5 Å². The molecule has 0 unspecified atom stereocenters. The lowest BCUT2D eigenvalue weighted by Gasteiger charge is -2.37. The summed E-state index contributed by atoms with van der Waals surface area (Å²) < 4.78 is 0. The molecule has 1 heteroatoms. The molecule has 0 heterocycles. The minimum absolute atomic E-state index is 0.271. The number of likely N-dealkylation sites (N-methyl/N-ethyl adjacent to an activating group) is 1. The Morgan fingerprint density at radius 1 is 1.07 bits per heavy atom. The molecule has 1 aromatic rings. The van der Waals surface area contributed by atoms with Crippen molar-refractivity contribution in [3.63, 3.8) is 0 Å². The predicted molar refractivity (Wildman–Crippen MR) is 65.2 cm³/mol. The van der Waals surface area contributed by atoms with Crippen molar-refractivity contribution >= 4 is 0 Å². The van der Waals surface area contributed by atoms with Crippen LogP contribution >= 0.6 is 0 Å². The van der Waals surface area contributed by atoms with E-state index >= 15 is 0 Å². The summed E-state index contributed by atoms with van der Waals surface area (Å²) in [4.78, 5) is 2.51. The topological polar surface area (TPSA) is 3.24 Å². The molecule has 0 saturated carbocycles. The van der Waals surface area contributed by atoms with Crippen LogP contribution in [0, 0.1) is 0 Å². The van der Waals surface area contributed by atoms with Crippen LogP contribution < -0.4 is 0 Å². The molecule has 0 fully saturated rings. The molecule has 1 aliphatic rings. The third-order valence-corrected chi connectivity index (χ3v) is 3.64. The molecule has 82 valence electrons. The van der Waals surface area contributed by atoms with Crippen LogP contribution in [0.2, 0.25) is 0 Å². The highest BCUT2D eigenvalue weighted by Crippen LogP contribution is 2.28. The molecule has 0 amide bonds. The molecule has 0 radical (unpaired) electrons. The first-order valence-corrected chi connectivity index (χ1v) is 5.78. The summed E-state index contributed by atoms with van der Waals surface area (Å²) in [7, 11) is 2.25. The fraction of sp³-hybridized carbons (Fsp3) is 0.571. The predicted octanol–water partition coefficient (Wildman–Crippen LogP) is 2.88. The molecule has 2 rings (SSSR count). The Morgan fingerprint density at radius 2 is 1.53 bits per heavy atom. The van der Waals surface area contributed by atoms with E-state index in [1.54, 1.807) is 11.1 Å². The molecule has 0 N–H and O–H groups in total. The van der Waals surface area contributed by atoms with Crippen molar-refractivity contribution in [1.82, 2.24) is 4.90 Å². The lowest BCUT2D eigenvalue weighted by Crippen LogP contribution is -2.45. The van der Waals surface area contributed by atoms with Gasteiger partial charge in [0, 0.05) is 11.6 Å². The molecular weight excluding hydrogens is 182 g/mol. The van der Waals surface area contributed by atoms with Crippen LogP contribution in [0.5, 0.6) is 0 Å². The third-order valence-electron chi connectivity index (χ3n) is 3.64. The maximum Gasteiger partial charge on any atom is 0.0178 e. The zero-order valence-electron chi connectivity index (χ0n) is 10.2. The van der Waals surface area contributed by atoms with E-state index in [4.69, 9.17) is 0 Å². The second-order valence-electron chi connectivity index (χ2n) is 5.61. The summed E-state index contributed by atoms with van der Waals surface area (Å²) in [5.41, 5.74) is 3.35. The van der Waals surface area contributed by atoms with Gasteiger partial charge in [-0.25, -0.2) is 0 Å². The van der Waals surface area contributed by atoms with Crippen molar-refractivity contribution in [2.75, 3.05) is 7.05 Å². The van der Waals surface area contributed by atoms with Gasteiger partial charge < -0.3 is 0 Å². The molecule has 1 nitrogen and oxygen atoms in total. The number of fused-ring (bicyclic) bond motifs is 1. The zero-order chi connectivity index (χ0) is 11.1.